The van der Waals surface area contributed by atoms with E-state index in [0.717, 1.165) is 25.8 Å². The first-order valence-corrected chi connectivity index (χ1v) is 3.16. The van der Waals surface area contributed by atoms with Crippen molar-refractivity contribution in [3.05, 3.63) is 0 Å². The van der Waals surface area contributed by atoms with Gasteiger partial charge in [-0.1, -0.05) is 6.42 Å². The van der Waals surface area contributed by atoms with Gasteiger partial charge >= 0.3 is 0 Å². The van der Waals surface area contributed by atoms with Crippen LogP contribution >= 0.6 is 12.4 Å². The summed E-state index contributed by atoms with van der Waals surface area (Å²) in [5, 5.41) is 2.81. The van der Waals surface area contributed by atoms with E-state index in [9.17, 15) is 4.79 Å². The molecular weight excluding hydrogens is 138 g/mol. The third-order valence-electron chi connectivity index (χ3n) is 1.40. The van der Waals surface area contributed by atoms with Gasteiger partial charge in [-0.3, -0.25) is 4.79 Å². The average molecular weight is 150 g/mol. The van der Waals surface area contributed by atoms with Crippen LogP contribution < -0.4 is 5.32 Å². The first-order valence-electron chi connectivity index (χ1n) is 3.16. The lowest BCUT2D eigenvalue weighted by Crippen LogP contribution is -2.21. The largest absolute Gasteiger partial charge is 0.356 e. The first kappa shape index (κ1) is 8.76. The summed E-state index contributed by atoms with van der Waals surface area (Å²) in [7, 11) is 0. The number of hydrogen-bond donors (Lipinski definition) is 1. The minimum atomic E-state index is 0. The molecule has 1 saturated heterocycles. The van der Waals surface area contributed by atoms with E-state index in [2.05, 4.69) is 5.32 Å². The molecule has 0 aromatic carbocycles. The summed E-state index contributed by atoms with van der Waals surface area (Å²) >= 11 is 0. The van der Waals surface area contributed by atoms with E-state index in [-0.39, 0.29) is 18.3 Å². The second-order valence-corrected chi connectivity index (χ2v) is 2.16. The zero-order valence-corrected chi connectivity index (χ0v) is 6.17. The number of carbonyl (C=O) groups is 1. The molecule has 0 radical (unpaired) electrons. The van der Waals surface area contributed by atoms with Gasteiger partial charge in [0.1, 0.15) is 0 Å². The smallest absolute Gasteiger partial charge is 0.219 e. The number of hydrogen-bond acceptors (Lipinski definition) is 1. The van der Waals surface area contributed by atoms with Gasteiger partial charge in [0.05, 0.1) is 0 Å². The molecule has 1 amide bonds. The Balaban J connectivity index is 0.000000640. The van der Waals surface area contributed by atoms with Crippen molar-refractivity contribution in [2.45, 2.75) is 25.7 Å². The summed E-state index contributed by atoms with van der Waals surface area (Å²) in [5.74, 6) is 0.225. The molecule has 0 aliphatic carbocycles. The molecule has 0 aromatic heterocycles. The summed E-state index contributed by atoms with van der Waals surface area (Å²) in [4.78, 5) is 10.6. The molecule has 54 valence electrons. The molecule has 1 N–H and O–H groups in total. The van der Waals surface area contributed by atoms with Crippen LogP contribution in [-0.2, 0) is 4.79 Å². The lowest BCUT2D eigenvalue weighted by Gasteiger charge is -1.93. The molecule has 0 saturated carbocycles. The quantitative estimate of drug-likeness (QED) is 0.549. The van der Waals surface area contributed by atoms with Gasteiger partial charge < -0.3 is 5.32 Å². The Morgan fingerprint density at radius 3 is 2.78 bits per heavy atom. The highest BCUT2D eigenvalue weighted by Crippen LogP contribution is 2.02. The fraction of sp³-hybridized carbons (Fsp3) is 0.833. The summed E-state index contributed by atoms with van der Waals surface area (Å²) in [6.07, 6.45) is 4.18. The lowest BCUT2D eigenvalue weighted by atomic mass is 10.2. The van der Waals surface area contributed by atoms with E-state index in [1.54, 1.807) is 0 Å². The number of amides is 1. The van der Waals surface area contributed by atoms with Crippen LogP contribution in [0.15, 0.2) is 0 Å². The maximum Gasteiger partial charge on any atom is 0.219 e. The Kier molecular flexibility index (Phi) is 4.50. The summed E-state index contributed by atoms with van der Waals surface area (Å²) in [6, 6.07) is 0. The molecule has 3 heteroatoms. The van der Waals surface area contributed by atoms with Crippen molar-refractivity contribution in [1.82, 2.24) is 5.32 Å². The highest BCUT2D eigenvalue weighted by Gasteiger charge is 2.03. The lowest BCUT2D eigenvalue weighted by molar-refractivity contribution is -0.120. The van der Waals surface area contributed by atoms with E-state index in [1.165, 1.54) is 6.42 Å². The van der Waals surface area contributed by atoms with Gasteiger partial charge in [0.25, 0.3) is 0 Å². The van der Waals surface area contributed by atoms with Gasteiger partial charge in [-0.05, 0) is 12.8 Å². The van der Waals surface area contributed by atoms with Crippen LogP contribution in [0, 0.1) is 0 Å². The fourth-order valence-electron chi connectivity index (χ4n) is 0.904. The zero-order valence-electron chi connectivity index (χ0n) is 5.35. The molecule has 1 fully saturated rings. The number of halogens is 1. The van der Waals surface area contributed by atoms with Crippen LogP contribution in [0.2, 0.25) is 0 Å². The summed E-state index contributed by atoms with van der Waals surface area (Å²) in [6.45, 7) is 0.888. The third-order valence-corrected chi connectivity index (χ3v) is 1.40. The molecule has 0 unspecified atom stereocenters. The van der Waals surface area contributed by atoms with Crippen LogP contribution in [-0.4, -0.2) is 12.5 Å². The van der Waals surface area contributed by atoms with Gasteiger partial charge in [-0.25, -0.2) is 0 Å². The number of carbonyl (C=O) groups excluding carboxylic acids is 1. The maximum atomic E-state index is 10.6. The van der Waals surface area contributed by atoms with E-state index in [0.29, 0.717) is 0 Å². The van der Waals surface area contributed by atoms with E-state index >= 15 is 0 Å². The first-order chi connectivity index (χ1) is 3.89. The van der Waals surface area contributed by atoms with Gasteiger partial charge in [0.2, 0.25) is 5.91 Å². The van der Waals surface area contributed by atoms with Crippen molar-refractivity contribution >= 4 is 18.3 Å². The maximum absolute atomic E-state index is 10.6. The molecule has 0 bridgehead atoms. The topological polar surface area (TPSA) is 29.1 Å². The molecule has 0 atom stereocenters. The van der Waals surface area contributed by atoms with E-state index < -0.39 is 0 Å². The molecule has 0 spiro atoms. The standard InChI is InChI=1S/C6H11NO.ClH/c8-6-4-2-1-3-5-7-6;/h1-5H2,(H,7,8);1H. The Hall–Kier alpha value is -0.240. The SMILES string of the molecule is Cl.O=C1CCCCCN1. The van der Waals surface area contributed by atoms with Crippen LogP contribution in [0.3, 0.4) is 0 Å². The molecular formula is C6H12ClNO. The van der Waals surface area contributed by atoms with Crippen molar-refractivity contribution in [3.63, 3.8) is 0 Å². The van der Waals surface area contributed by atoms with Gasteiger partial charge in [-0.15, -0.1) is 12.4 Å². The van der Waals surface area contributed by atoms with Crippen molar-refractivity contribution in [3.8, 4) is 0 Å². The fourth-order valence-corrected chi connectivity index (χ4v) is 0.904. The number of rotatable bonds is 0. The monoisotopic (exact) mass is 149 g/mol. The Morgan fingerprint density at radius 1 is 1.22 bits per heavy atom. The molecule has 1 rings (SSSR count). The zero-order chi connectivity index (χ0) is 5.82. The van der Waals surface area contributed by atoms with Gasteiger partial charge in [0, 0.05) is 13.0 Å². The van der Waals surface area contributed by atoms with Crippen LogP contribution in [0.4, 0.5) is 0 Å². The normalized spacial score (nSPS) is 19.3. The molecule has 1 aliphatic heterocycles. The van der Waals surface area contributed by atoms with E-state index in [4.69, 9.17) is 0 Å². The van der Waals surface area contributed by atoms with Crippen molar-refractivity contribution in [2.75, 3.05) is 6.54 Å². The summed E-state index contributed by atoms with van der Waals surface area (Å²) in [5.41, 5.74) is 0. The molecule has 1 aliphatic rings. The average Bonchev–Trinajstić information content (AvgIpc) is 1.94. The van der Waals surface area contributed by atoms with Crippen molar-refractivity contribution < 1.29 is 4.79 Å². The Labute approximate surface area is 61.4 Å². The molecule has 9 heavy (non-hydrogen) atoms. The van der Waals surface area contributed by atoms with Crippen LogP contribution in [0.25, 0.3) is 0 Å². The molecule has 2 nitrogen and oxygen atoms in total. The highest BCUT2D eigenvalue weighted by atomic mass is 35.5. The Bertz CT molecular complexity index is 85.1. The highest BCUT2D eigenvalue weighted by molar-refractivity contribution is 5.85. The Morgan fingerprint density at radius 2 is 2.00 bits per heavy atom. The van der Waals surface area contributed by atoms with Gasteiger partial charge in [0.15, 0.2) is 0 Å². The van der Waals surface area contributed by atoms with Crippen molar-refractivity contribution in [2.24, 2.45) is 0 Å². The van der Waals surface area contributed by atoms with Crippen LogP contribution in [0.5, 0.6) is 0 Å². The van der Waals surface area contributed by atoms with Gasteiger partial charge in [-0.2, -0.15) is 0 Å². The minimum Gasteiger partial charge on any atom is -0.356 e. The second kappa shape index (κ2) is 4.62. The number of nitrogens with one attached hydrogen (secondary N) is 1. The molecule has 0 aromatic rings. The minimum absolute atomic E-state index is 0. The second-order valence-electron chi connectivity index (χ2n) is 2.16. The predicted octanol–water partition coefficient (Wildman–Crippen LogP) is 1.10. The van der Waals surface area contributed by atoms with Crippen LogP contribution in [0.1, 0.15) is 25.7 Å². The molecule has 1 heterocycles. The van der Waals surface area contributed by atoms with E-state index in [1.807, 2.05) is 0 Å². The van der Waals surface area contributed by atoms with Crippen molar-refractivity contribution in [1.29, 1.82) is 0 Å². The third kappa shape index (κ3) is 3.36. The summed E-state index contributed by atoms with van der Waals surface area (Å²) < 4.78 is 0. The predicted molar refractivity (Wildman–Crippen MR) is 38.7 cm³/mol.